The highest BCUT2D eigenvalue weighted by Crippen LogP contribution is 2.31. The number of hydrogen-bond acceptors (Lipinski definition) is 10. The van der Waals surface area contributed by atoms with Crippen LogP contribution >= 0.6 is 15.9 Å². The number of aryl methyl sites for hydroxylation is 2. The van der Waals surface area contributed by atoms with Gasteiger partial charge in [0.15, 0.2) is 0 Å². The molecule has 4 rings (SSSR count). The Morgan fingerprint density at radius 1 is 0.767 bits per heavy atom. The zero-order valence-corrected chi connectivity index (χ0v) is 41.0. The van der Waals surface area contributed by atoms with Crippen molar-refractivity contribution >= 4 is 56.4 Å². The van der Waals surface area contributed by atoms with Gasteiger partial charge in [0.25, 0.3) is 11.4 Å². The van der Waals surface area contributed by atoms with Crippen LogP contribution in [0.5, 0.6) is 0 Å². The van der Waals surface area contributed by atoms with E-state index < -0.39 is 48.8 Å². The van der Waals surface area contributed by atoms with Gasteiger partial charge in [0.05, 0.1) is 49.0 Å². The van der Waals surface area contributed by atoms with Gasteiger partial charge in [-0.2, -0.15) is 10.2 Å². The number of halogens is 3. The number of nitro groups is 2. The van der Waals surface area contributed by atoms with E-state index in [1.165, 1.54) is 24.3 Å². The number of hydrogen-bond donors (Lipinski definition) is 1. The maximum atomic E-state index is 14.3. The summed E-state index contributed by atoms with van der Waals surface area (Å²) in [5.41, 5.74) is 3.11. The molecule has 0 bridgehead atoms. The average molecular weight is 939 g/mol. The number of nitrogens with zero attached hydrogens (tertiary/aromatic N) is 6. The smallest absolute Gasteiger partial charge is 0.334 e. The molecule has 4 aromatic rings. The lowest BCUT2D eigenvalue weighted by molar-refractivity contribution is -0.385. The van der Waals surface area contributed by atoms with Crippen LogP contribution in [-0.2, 0) is 27.6 Å². The van der Waals surface area contributed by atoms with E-state index in [1.807, 2.05) is 39.3 Å². The molecule has 2 heterocycles. The zero-order valence-electron chi connectivity index (χ0n) is 37.4. The Hall–Kier alpha value is -3.66. The molecule has 0 amide bonds. The summed E-state index contributed by atoms with van der Waals surface area (Å²) in [5, 5.41) is 40.0. The van der Waals surface area contributed by atoms with E-state index >= 15 is 0 Å². The van der Waals surface area contributed by atoms with Gasteiger partial charge in [0, 0.05) is 64.0 Å². The van der Waals surface area contributed by atoms with Gasteiger partial charge in [-0.15, -0.1) is 0 Å². The first kappa shape index (κ1) is 52.5. The van der Waals surface area contributed by atoms with Gasteiger partial charge in [-0.3, -0.25) is 20.2 Å². The summed E-state index contributed by atoms with van der Waals surface area (Å²) >= 11 is 2.88. The third-order valence-electron chi connectivity index (χ3n) is 9.73. The first-order valence-corrected chi connectivity index (χ1v) is 27.7. The van der Waals surface area contributed by atoms with Crippen LogP contribution in [0.25, 0.3) is 11.1 Å². The molecule has 0 atom stereocenters. The second kappa shape index (κ2) is 21.9. The van der Waals surface area contributed by atoms with Crippen molar-refractivity contribution in [2.45, 2.75) is 131 Å². The average Bonchev–Trinajstić information content (AvgIpc) is 3.55. The van der Waals surface area contributed by atoms with Crippen molar-refractivity contribution < 1.29 is 37.9 Å². The normalized spacial score (nSPS) is 12.0. The van der Waals surface area contributed by atoms with Gasteiger partial charge in [-0.25, -0.2) is 18.1 Å². The van der Waals surface area contributed by atoms with E-state index in [4.69, 9.17) is 14.1 Å². The molecule has 20 heteroatoms. The molecule has 1 N–H and O–H groups in total. The van der Waals surface area contributed by atoms with Gasteiger partial charge in [-0.1, -0.05) is 39.3 Å². The Morgan fingerprint density at radius 3 is 1.65 bits per heavy atom. The zero-order chi connectivity index (χ0) is 46.0. The lowest BCUT2D eigenvalue weighted by atomic mass is 9.81. The van der Waals surface area contributed by atoms with Crippen LogP contribution in [0.15, 0.2) is 40.9 Å². The predicted molar refractivity (Wildman–Crippen MR) is 241 cm³/mol. The molecule has 2 aromatic heterocycles. The first-order chi connectivity index (χ1) is 27.5. The minimum Gasteiger partial charge on any atom is -0.426 e. The highest BCUT2D eigenvalue weighted by Gasteiger charge is 2.36. The number of aromatic nitrogens is 4. The van der Waals surface area contributed by atoms with E-state index in [1.54, 1.807) is 32.9 Å². The molecule has 331 valence electrons. The number of aliphatic hydroxyl groups is 1. The van der Waals surface area contributed by atoms with Gasteiger partial charge in [0.1, 0.15) is 25.1 Å². The number of nitro benzene ring substituents is 2. The molecule has 2 aromatic carbocycles. The quantitative estimate of drug-likeness (QED) is 0.0466. The minimum atomic E-state index is -1.15. The van der Waals surface area contributed by atoms with E-state index in [-0.39, 0.29) is 15.8 Å². The third-order valence-corrected chi connectivity index (χ3v) is 13.8. The fourth-order valence-electron chi connectivity index (χ4n) is 5.05. The first-order valence-electron chi connectivity index (χ1n) is 19.5. The minimum absolute atomic E-state index is 0.225. The van der Waals surface area contributed by atoms with Gasteiger partial charge in [-0.05, 0) is 101 Å². The molecule has 0 fully saturated rings. The van der Waals surface area contributed by atoms with Crippen molar-refractivity contribution in [2.24, 2.45) is 0 Å². The van der Waals surface area contributed by atoms with Crippen molar-refractivity contribution in [3.8, 4) is 11.1 Å². The van der Waals surface area contributed by atoms with Crippen LogP contribution < -0.4 is 5.46 Å². The summed E-state index contributed by atoms with van der Waals surface area (Å²) in [5.74, 6) is -1.25. The summed E-state index contributed by atoms with van der Waals surface area (Å²) in [7, 11) is -0.517. The maximum Gasteiger partial charge on any atom is 0.334 e. The monoisotopic (exact) mass is 937 g/mol. The number of benzene rings is 2. The molecule has 60 heavy (non-hydrogen) atoms. The van der Waals surface area contributed by atoms with Crippen LogP contribution in [0.3, 0.4) is 0 Å². The molecule has 0 aliphatic carbocycles. The standard InChI is InChI=1S/C17H34BN2O3Si.C17H24FN3O3Si.C6H3BrFNO2/c1-13-15(18-23-17(5,6)16(3,4)21)14(2)20(19-13)12-22-10-11-24(7,8)9;1-12-17(15-7-6-14(21(22)23)10-16(15)18)13(2)20(19-12)11-24-8-9-25(3,4)5;7-5-2-1-4(9(10)11)3-6(5)8/h21H,10-12H2,1-9H3;6-7,10H,8-9,11H2,1-5H3;1-3H. The second-order valence-electron chi connectivity index (χ2n) is 17.9. The highest BCUT2D eigenvalue weighted by atomic mass is 79.9. The molecule has 0 saturated heterocycles. The summed E-state index contributed by atoms with van der Waals surface area (Å²) in [4.78, 5) is 19.6. The summed E-state index contributed by atoms with van der Waals surface area (Å²) < 4.78 is 48.1. The van der Waals surface area contributed by atoms with E-state index in [0.29, 0.717) is 36.9 Å². The van der Waals surface area contributed by atoms with E-state index in [9.17, 15) is 34.1 Å². The molecule has 0 aliphatic heterocycles. The van der Waals surface area contributed by atoms with Crippen LogP contribution in [0.2, 0.25) is 51.4 Å². The van der Waals surface area contributed by atoms with E-state index in [0.717, 1.165) is 53.4 Å². The molecule has 14 nitrogen and oxygen atoms in total. The van der Waals surface area contributed by atoms with E-state index in [2.05, 4.69) is 65.4 Å². The van der Waals surface area contributed by atoms with Crippen molar-refractivity contribution in [1.82, 2.24) is 19.6 Å². The molecule has 0 unspecified atom stereocenters. The van der Waals surface area contributed by atoms with Crippen molar-refractivity contribution in [3.05, 3.63) is 95.5 Å². The van der Waals surface area contributed by atoms with Crippen LogP contribution in [0.4, 0.5) is 20.2 Å². The summed E-state index contributed by atoms with van der Waals surface area (Å²) in [6.07, 6.45) is 0. The summed E-state index contributed by atoms with van der Waals surface area (Å²) in [6, 6.07) is 9.28. The van der Waals surface area contributed by atoms with Gasteiger partial charge in [0.2, 0.25) is 0 Å². The lowest BCUT2D eigenvalue weighted by Crippen LogP contribution is -2.49. The van der Waals surface area contributed by atoms with Crippen LogP contribution in [-0.4, -0.2) is 82.6 Å². The number of rotatable bonds is 17. The Kier molecular flexibility index (Phi) is 19.2. The second-order valence-corrected chi connectivity index (χ2v) is 30.0. The third kappa shape index (κ3) is 16.3. The van der Waals surface area contributed by atoms with Crippen molar-refractivity contribution in [2.75, 3.05) is 13.2 Å². The van der Waals surface area contributed by atoms with Crippen molar-refractivity contribution in [1.29, 1.82) is 0 Å². The number of ether oxygens (including phenoxy) is 2. The highest BCUT2D eigenvalue weighted by molar-refractivity contribution is 9.10. The topological polar surface area (TPSA) is 170 Å². The van der Waals surface area contributed by atoms with Crippen molar-refractivity contribution in [3.63, 3.8) is 0 Å². The fraction of sp³-hybridized carbons (Fsp3) is 0.550. The summed E-state index contributed by atoms with van der Waals surface area (Å²) in [6.45, 7) is 30.9. The molecular weight excluding hydrogens is 877 g/mol. The largest absolute Gasteiger partial charge is 0.426 e. The maximum absolute atomic E-state index is 14.3. The fourth-order valence-corrected chi connectivity index (χ4v) is 6.81. The SMILES string of the molecule is Cc1nn(COCC[Si](C)(C)C)c(C)c1-c1ccc([N+](=O)[O-])cc1F.Cc1nn(COCC[Si](C)(C)C)c(C)c1[B]OC(C)(C)C(C)(C)O.O=[N+]([O-])c1ccc(Br)c(F)c1. The molecule has 0 saturated carbocycles. The Bertz CT molecular complexity index is 2080. The molecule has 0 aliphatic rings. The lowest BCUT2D eigenvalue weighted by Gasteiger charge is -2.37. The Balaban J connectivity index is 0.000000332. The Morgan fingerprint density at radius 2 is 1.22 bits per heavy atom. The molecule has 0 spiro atoms. The molecular formula is C40H61BBrF2N6O8Si2. The Labute approximate surface area is 363 Å². The molecule has 1 radical (unpaired) electrons. The van der Waals surface area contributed by atoms with Gasteiger partial charge >= 0.3 is 7.48 Å². The predicted octanol–water partition coefficient (Wildman–Crippen LogP) is 9.65. The van der Waals surface area contributed by atoms with Crippen LogP contribution in [0, 0.1) is 59.6 Å². The van der Waals surface area contributed by atoms with Gasteiger partial charge < -0.3 is 19.2 Å². The van der Waals surface area contributed by atoms with Crippen LogP contribution in [0.1, 0.15) is 50.5 Å². The number of non-ortho nitro benzene ring substituents is 2.